The molecule has 2 heterocycles. The summed E-state index contributed by atoms with van der Waals surface area (Å²) in [5.74, 6) is 0.799. The SMILES string of the molecule is CCNc1ncnc2cn(C)nc12. The van der Waals surface area contributed by atoms with Gasteiger partial charge in [-0.1, -0.05) is 0 Å². The van der Waals surface area contributed by atoms with Gasteiger partial charge in [-0.25, -0.2) is 9.97 Å². The zero-order chi connectivity index (χ0) is 9.26. The Bertz CT molecular complexity index is 419. The van der Waals surface area contributed by atoms with Crippen LogP contribution in [0, 0.1) is 0 Å². The molecule has 0 amide bonds. The second-order valence-electron chi connectivity index (χ2n) is 2.79. The van der Waals surface area contributed by atoms with Crippen LogP contribution >= 0.6 is 0 Å². The summed E-state index contributed by atoms with van der Waals surface area (Å²) >= 11 is 0. The number of rotatable bonds is 2. The third-order valence-electron chi connectivity index (χ3n) is 1.76. The molecule has 2 rings (SSSR count). The van der Waals surface area contributed by atoms with E-state index in [0.29, 0.717) is 0 Å². The van der Waals surface area contributed by atoms with E-state index in [2.05, 4.69) is 20.4 Å². The van der Waals surface area contributed by atoms with E-state index in [-0.39, 0.29) is 0 Å². The van der Waals surface area contributed by atoms with Crippen molar-refractivity contribution in [2.75, 3.05) is 11.9 Å². The van der Waals surface area contributed by atoms with Gasteiger partial charge in [0.2, 0.25) is 0 Å². The number of hydrogen-bond acceptors (Lipinski definition) is 4. The summed E-state index contributed by atoms with van der Waals surface area (Å²) in [5, 5.41) is 7.40. The lowest BCUT2D eigenvalue weighted by molar-refractivity contribution is 0.779. The van der Waals surface area contributed by atoms with Crippen molar-refractivity contribution in [2.45, 2.75) is 6.92 Å². The van der Waals surface area contributed by atoms with E-state index in [1.54, 1.807) is 11.0 Å². The van der Waals surface area contributed by atoms with Gasteiger partial charge < -0.3 is 5.32 Å². The first-order valence-electron chi connectivity index (χ1n) is 4.19. The lowest BCUT2D eigenvalue weighted by atomic mass is 10.4. The van der Waals surface area contributed by atoms with Gasteiger partial charge in [-0.15, -0.1) is 0 Å². The van der Waals surface area contributed by atoms with Gasteiger partial charge >= 0.3 is 0 Å². The van der Waals surface area contributed by atoms with Crippen molar-refractivity contribution in [1.82, 2.24) is 19.7 Å². The molecule has 0 aliphatic rings. The monoisotopic (exact) mass is 177 g/mol. The van der Waals surface area contributed by atoms with E-state index in [4.69, 9.17) is 0 Å². The summed E-state index contributed by atoms with van der Waals surface area (Å²) in [7, 11) is 1.87. The molecule has 2 aromatic heterocycles. The van der Waals surface area contributed by atoms with Crippen LogP contribution in [0.2, 0.25) is 0 Å². The molecule has 0 atom stereocenters. The van der Waals surface area contributed by atoms with E-state index in [1.165, 1.54) is 0 Å². The van der Waals surface area contributed by atoms with Crippen LogP contribution < -0.4 is 5.32 Å². The molecule has 0 fully saturated rings. The Morgan fingerprint density at radius 3 is 3.08 bits per heavy atom. The fraction of sp³-hybridized carbons (Fsp3) is 0.375. The molecule has 2 aromatic rings. The van der Waals surface area contributed by atoms with Crippen LogP contribution in [0.5, 0.6) is 0 Å². The Morgan fingerprint density at radius 1 is 1.46 bits per heavy atom. The summed E-state index contributed by atoms with van der Waals surface area (Å²) < 4.78 is 1.74. The maximum Gasteiger partial charge on any atom is 0.157 e. The fourth-order valence-electron chi connectivity index (χ4n) is 1.25. The zero-order valence-corrected chi connectivity index (χ0v) is 7.65. The highest BCUT2D eigenvalue weighted by molar-refractivity contribution is 5.84. The Morgan fingerprint density at radius 2 is 2.31 bits per heavy atom. The van der Waals surface area contributed by atoms with E-state index in [1.807, 2.05) is 20.2 Å². The van der Waals surface area contributed by atoms with E-state index >= 15 is 0 Å². The van der Waals surface area contributed by atoms with Gasteiger partial charge in [0.1, 0.15) is 11.8 Å². The first-order valence-corrected chi connectivity index (χ1v) is 4.19. The van der Waals surface area contributed by atoms with E-state index in [0.717, 1.165) is 23.4 Å². The minimum absolute atomic E-state index is 0.799. The second-order valence-corrected chi connectivity index (χ2v) is 2.79. The number of aryl methyl sites for hydroxylation is 1. The lowest BCUT2D eigenvalue weighted by Crippen LogP contribution is -2.00. The molecular weight excluding hydrogens is 166 g/mol. The number of anilines is 1. The van der Waals surface area contributed by atoms with Crippen LogP contribution in [0.4, 0.5) is 5.82 Å². The minimum atomic E-state index is 0.799. The number of nitrogens with one attached hydrogen (secondary N) is 1. The molecule has 5 nitrogen and oxygen atoms in total. The number of aromatic nitrogens is 4. The molecule has 13 heavy (non-hydrogen) atoms. The molecule has 68 valence electrons. The Kier molecular flexibility index (Phi) is 1.84. The van der Waals surface area contributed by atoms with Crippen LogP contribution in [-0.4, -0.2) is 26.3 Å². The molecule has 0 spiro atoms. The molecule has 5 heteroatoms. The zero-order valence-electron chi connectivity index (χ0n) is 7.65. The Labute approximate surface area is 75.8 Å². The molecule has 0 aromatic carbocycles. The maximum atomic E-state index is 4.26. The predicted octanol–water partition coefficient (Wildman–Crippen LogP) is 0.795. The average Bonchev–Trinajstić information content (AvgIpc) is 2.47. The van der Waals surface area contributed by atoms with Crippen molar-refractivity contribution in [3.8, 4) is 0 Å². The molecule has 0 saturated carbocycles. The maximum absolute atomic E-state index is 4.26. The van der Waals surface area contributed by atoms with Crippen molar-refractivity contribution >= 4 is 16.9 Å². The molecule has 0 unspecified atom stereocenters. The summed E-state index contributed by atoms with van der Waals surface area (Å²) in [4.78, 5) is 8.22. The van der Waals surface area contributed by atoms with E-state index < -0.39 is 0 Å². The highest BCUT2D eigenvalue weighted by Gasteiger charge is 2.05. The van der Waals surface area contributed by atoms with Gasteiger partial charge in [-0.05, 0) is 6.92 Å². The summed E-state index contributed by atoms with van der Waals surface area (Å²) in [5.41, 5.74) is 1.69. The molecule has 0 aliphatic heterocycles. The topological polar surface area (TPSA) is 55.6 Å². The smallest absolute Gasteiger partial charge is 0.157 e. The first-order chi connectivity index (χ1) is 6.31. The van der Waals surface area contributed by atoms with Crippen LogP contribution in [0.25, 0.3) is 11.0 Å². The standard InChI is InChI=1S/C8H11N5/c1-3-9-8-7-6(10-5-11-8)4-13(2)12-7/h4-5H,3H2,1-2H3,(H,9,10,11). The Balaban J connectivity index is 2.60. The van der Waals surface area contributed by atoms with Crippen LogP contribution in [0.3, 0.4) is 0 Å². The number of hydrogen-bond donors (Lipinski definition) is 1. The fourth-order valence-corrected chi connectivity index (χ4v) is 1.25. The summed E-state index contributed by atoms with van der Waals surface area (Å²) in [6.07, 6.45) is 3.42. The van der Waals surface area contributed by atoms with Crippen molar-refractivity contribution in [3.05, 3.63) is 12.5 Å². The lowest BCUT2D eigenvalue weighted by Gasteiger charge is -2.00. The quantitative estimate of drug-likeness (QED) is 0.737. The van der Waals surface area contributed by atoms with Crippen LogP contribution in [0.15, 0.2) is 12.5 Å². The highest BCUT2D eigenvalue weighted by Crippen LogP contribution is 2.15. The van der Waals surface area contributed by atoms with Gasteiger partial charge in [0.25, 0.3) is 0 Å². The van der Waals surface area contributed by atoms with Gasteiger partial charge in [0.05, 0.1) is 6.20 Å². The van der Waals surface area contributed by atoms with Gasteiger partial charge in [0, 0.05) is 13.6 Å². The van der Waals surface area contributed by atoms with Gasteiger partial charge in [-0.2, -0.15) is 5.10 Å². The first kappa shape index (κ1) is 7.97. The van der Waals surface area contributed by atoms with Gasteiger partial charge in [-0.3, -0.25) is 4.68 Å². The van der Waals surface area contributed by atoms with Gasteiger partial charge in [0.15, 0.2) is 11.3 Å². The van der Waals surface area contributed by atoms with E-state index in [9.17, 15) is 0 Å². The molecule has 0 radical (unpaired) electrons. The number of fused-ring (bicyclic) bond motifs is 1. The largest absolute Gasteiger partial charge is 0.368 e. The second kappa shape index (κ2) is 3.01. The number of nitrogens with zero attached hydrogens (tertiary/aromatic N) is 4. The van der Waals surface area contributed by atoms with Crippen molar-refractivity contribution in [3.63, 3.8) is 0 Å². The van der Waals surface area contributed by atoms with Crippen molar-refractivity contribution in [1.29, 1.82) is 0 Å². The normalized spacial score (nSPS) is 10.6. The Hall–Kier alpha value is -1.65. The van der Waals surface area contributed by atoms with Crippen molar-refractivity contribution in [2.24, 2.45) is 7.05 Å². The summed E-state index contributed by atoms with van der Waals surface area (Å²) in [6.45, 7) is 2.86. The molecule has 0 aliphatic carbocycles. The van der Waals surface area contributed by atoms with Crippen molar-refractivity contribution < 1.29 is 0 Å². The third kappa shape index (κ3) is 1.32. The predicted molar refractivity (Wildman–Crippen MR) is 50.5 cm³/mol. The molecule has 0 bridgehead atoms. The molecule has 0 saturated heterocycles. The molecule has 1 N–H and O–H groups in total. The molecular formula is C8H11N5. The van der Waals surface area contributed by atoms with Crippen LogP contribution in [-0.2, 0) is 7.05 Å². The third-order valence-corrected chi connectivity index (χ3v) is 1.76. The summed E-state index contributed by atoms with van der Waals surface area (Å²) in [6, 6.07) is 0. The average molecular weight is 177 g/mol. The minimum Gasteiger partial charge on any atom is -0.368 e. The van der Waals surface area contributed by atoms with Crippen LogP contribution in [0.1, 0.15) is 6.92 Å². The highest BCUT2D eigenvalue weighted by atomic mass is 15.3.